The van der Waals surface area contributed by atoms with Gasteiger partial charge >= 0.3 is 0 Å². The number of hydrogen-bond acceptors (Lipinski definition) is 3. The van der Waals surface area contributed by atoms with Crippen molar-refractivity contribution < 1.29 is 9.53 Å². The molecule has 0 atom stereocenters. The Morgan fingerprint density at radius 3 is 2.61 bits per heavy atom. The van der Waals surface area contributed by atoms with E-state index in [1.165, 1.54) is 5.56 Å². The molecule has 2 rings (SSSR count). The molecule has 0 radical (unpaired) electrons. The summed E-state index contributed by atoms with van der Waals surface area (Å²) in [6, 6.07) is 7.96. The number of aromatic nitrogens is 2. The zero-order chi connectivity index (χ0) is 13.0. The molecular weight excluding hydrogens is 228 g/mol. The van der Waals surface area contributed by atoms with E-state index in [1.807, 2.05) is 24.3 Å². The minimum Gasteiger partial charge on any atom is -0.497 e. The number of ketones is 1. The highest BCUT2D eigenvalue weighted by Crippen LogP contribution is 2.12. The van der Waals surface area contributed by atoms with E-state index in [1.54, 1.807) is 31.1 Å². The maximum absolute atomic E-state index is 11.1. The van der Waals surface area contributed by atoms with Crippen LogP contribution < -0.4 is 4.74 Å². The maximum Gasteiger partial charge on any atom is 0.162 e. The van der Waals surface area contributed by atoms with Crippen LogP contribution in [0.15, 0.2) is 36.7 Å². The summed E-state index contributed by atoms with van der Waals surface area (Å²) in [4.78, 5) is 11.1. The van der Waals surface area contributed by atoms with Crippen molar-refractivity contribution in [2.45, 2.75) is 19.9 Å². The van der Waals surface area contributed by atoms with Gasteiger partial charge in [-0.05, 0) is 31.0 Å². The topological polar surface area (TPSA) is 44.1 Å². The standard InChI is InChI=1S/C14H16N2O2/c1-11(17)13-9-15-16(10-13)8-7-12-3-5-14(18-2)6-4-12/h3-6,9-10H,7-8H2,1-2H3. The average molecular weight is 244 g/mol. The minimum atomic E-state index is 0.0469. The third-order valence-corrected chi connectivity index (χ3v) is 2.83. The van der Waals surface area contributed by atoms with E-state index in [0.29, 0.717) is 5.56 Å². The number of methoxy groups -OCH3 is 1. The first-order valence-electron chi connectivity index (χ1n) is 5.85. The van der Waals surface area contributed by atoms with Crippen molar-refractivity contribution in [2.24, 2.45) is 0 Å². The van der Waals surface area contributed by atoms with E-state index in [2.05, 4.69) is 5.10 Å². The molecule has 94 valence electrons. The molecule has 1 heterocycles. The van der Waals surface area contributed by atoms with Gasteiger partial charge in [-0.15, -0.1) is 0 Å². The van der Waals surface area contributed by atoms with Gasteiger partial charge in [0.15, 0.2) is 5.78 Å². The summed E-state index contributed by atoms with van der Waals surface area (Å²) in [5.41, 5.74) is 1.88. The Balaban J connectivity index is 1.95. The van der Waals surface area contributed by atoms with Crippen molar-refractivity contribution >= 4 is 5.78 Å². The zero-order valence-corrected chi connectivity index (χ0v) is 10.6. The molecule has 1 aromatic carbocycles. The number of aryl methyl sites for hydroxylation is 2. The van der Waals surface area contributed by atoms with Crippen LogP contribution in [0.3, 0.4) is 0 Å². The molecule has 0 aliphatic rings. The SMILES string of the molecule is COc1ccc(CCn2cc(C(C)=O)cn2)cc1. The lowest BCUT2D eigenvalue weighted by Gasteiger charge is -2.03. The Bertz CT molecular complexity index is 529. The third-order valence-electron chi connectivity index (χ3n) is 2.83. The van der Waals surface area contributed by atoms with Crippen LogP contribution >= 0.6 is 0 Å². The quantitative estimate of drug-likeness (QED) is 0.758. The maximum atomic E-state index is 11.1. The first kappa shape index (κ1) is 12.4. The van der Waals surface area contributed by atoms with Crippen LogP contribution in [0.1, 0.15) is 22.8 Å². The van der Waals surface area contributed by atoms with Crippen LogP contribution in [0, 0.1) is 0 Å². The normalized spacial score (nSPS) is 10.3. The number of hydrogen-bond donors (Lipinski definition) is 0. The lowest BCUT2D eigenvalue weighted by molar-refractivity contribution is 0.101. The molecule has 0 N–H and O–H groups in total. The summed E-state index contributed by atoms with van der Waals surface area (Å²) >= 11 is 0. The Kier molecular flexibility index (Phi) is 3.77. The highest BCUT2D eigenvalue weighted by atomic mass is 16.5. The van der Waals surface area contributed by atoms with E-state index in [4.69, 9.17) is 4.74 Å². The fourth-order valence-corrected chi connectivity index (χ4v) is 1.70. The van der Waals surface area contributed by atoms with E-state index >= 15 is 0 Å². The number of rotatable bonds is 5. The summed E-state index contributed by atoms with van der Waals surface area (Å²) in [7, 11) is 1.65. The summed E-state index contributed by atoms with van der Waals surface area (Å²) < 4.78 is 6.90. The molecule has 0 aliphatic carbocycles. The molecule has 0 saturated heterocycles. The lowest BCUT2D eigenvalue weighted by Crippen LogP contribution is -2.01. The zero-order valence-electron chi connectivity index (χ0n) is 10.6. The summed E-state index contributed by atoms with van der Waals surface area (Å²) in [5, 5.41) is 4.16. The monoisotopic (exact) mass is 244 g/mol. The van der Waals surface area contributed by atoms with Gasteiger partial charge in [0.25, 0.3) is 0 Å². The fraction of sp³-hybridized carbons (Fsp3) is 0.286. The predicted molar refractivity (Wildman–Crippen MR) is 68.9 cm³/mol. The Labute approximate surface area is 106 Å². The second-order valence-corrected chi connectivity index (χ2v) is 4.15. The van der Waals surface area contributed by atoms with Crippen molar-refractivity contribution in [3.63, 3.8) is 0 Å². The van der Waals surface area contributed by atoms with Gasteiger partial charge in [-0.2, -0.15) is 5.10 Å². The number of carbonyl (C=O) groups excluding carboxylic acids is 1. The van der Waals surface area contributed by atoms with Gasteiger partial charge in [-0.1, -0.05) is 12.1 Å². The van der Waals surface area contributed by atoms with E-state index in [0.717, 1.165) is 18.7 Å². The minimum absolute atomic E-state index is 0.0469. The van der Waals surface area contributed by atoms with Crippen molar-refractivity contribution in [3.8, 4) is 5.75 Å². The van der Waals surface area contributed by atoms with Crippen molar-refractivity contribution in [2.75, 3.05) is 7.11 Å². The third kappa shape index (κ3) is 2.97. The van der Waals surface area contributed by atoms with Gasteiger partial charge in [0.2, 0.25) is 0 Å². The second kappa shape index (κ2) is 5.49. The Hall–Kier alpha value is -2.10. The molecular formula is C14H16N2O2. The lowest BCUT2D eigenvalue weighted by atomic mass is 10.1. The van der Waals surface area contributed by atoms with Crippen LogP contribution in [-0.2, 0) is 13.0 Å². The summed E-state index contributed by atoms with van der Waals surface area (Å²) in [6.45, 7) is 2.31. The molecule has 4 heteroatoms. The molecule has 2 aromatic rings. The molecule has 0 amide bonds. The van der Waals surface area contributed by atoms with Gasteiger partial charge < -0.3 is 4.74 Å². The van der Waals surface area contributed by atoms with Gasteiger partial charge in [0.1, 0.15) is 5.75 Å². The smallest absolute Gasteiger partial charge is 0.162 e. The van der Waals surface area contributed by atoms with Crippen molar-refractivity contribution in [1.82, 2.24) is 9.78 Å². The molecule has 0 spiro atoms. The van der Waals surface area contributed by atoms with E-state index in [9.17, 15) is 4.79 Å². The van der Waals surface area contributed by atoms with Crippen LogP contribution in [0.5, 0.6) is 5.75 Å². The Morgan fingerprint density at radius 2 is 2.06 bits per heavy atom. The molecule has 0 saturated carbocycles. The van der Waals surface area contributed by atoms with Gasteiger partial charge in [-0.25, -0.2) is 0 Å². The number of nitrogens with zero attached hydrogens (tertiary/aromatic N) is 2. The molecule has 4 nitrogen and oxygen atoms in total. The van der Waals surface area contributed by atoms with E-state index < -0.39 is 0 Å². The van der Waals surface area contributed by atoms with E-state index in [-0.39, 0.29) is 5.78 Å². The first-order chi connectivity index (χ1) is 8.69. The van der Waals surface area contributed by atoms with Gasteiger partial charge in [0, 0.05) is 12.7 Å². The number of carbonyl (C=O) groups is 1. The number of ether oxygens (including phenoxy) is 1. The van der Waals surface area contributed by atoms with Crippen LogP contribution in [-0.4, -0.2) is 22.7 Å². The largest absolute Gasteiger partial charge is 0.497 e. The molecule has 0 unspecified atom stereocenters. The molecule has 1 aromatic heterocycles. The highest BCUT2D eigenvalue weighted by molar-refractivity contribution is 5.93. The molecule has 0 bridgehead atoms. The number of Topliss-reactive ketones (excluding diaryl/α,β-unsaturated/α-hetero) is 1. The summed E-state index contributed by atoms with van der Waals surface area (Å²) in [6.07, 6.45) is 4.27. The van der Waals surface area contributed by atoms with Gasteiger partial charge in [0.05, 0.1) is 18.9 Å². The highest BCUT2D eigenvalue weighted by Gasteiger charge is 2.03. The number of benzene rings is 1. The first-order valence-corrected chi connectivity index (χ1v) is 5.85. The van der Waals surface area contributed by atoms with Crippen molar-refractivity contribution in [1.29, 1.82) is 0 Å². The average Bonchev–Trinajstić information content (AvgIpc) is 2.86. The van der Waals surface area contributed by atoms with Gasteiger partial charge in [-0.3, -0.25) is 9.48 Å². The summed E-state index contributed by atoms with van der Waals surface area (Å²) in [5.74, 6) is 0.905. The Morgan fingerprint density at radius 1 is 1.33 bits per heavy atom. The molecule has 18 heavy (non-hydrogen) atoms. The second-order valence-electron chi connectivity index (χ2n) is 4.15. The fourth-order valence-electron chi connectivity index (χ4n) is 1.70. The molecule has 0 aliphatic heterocycles. The van der Waals surface area contributed by atoms with Crippen LogP contribution in [0.2, 0.25) is 0 Å². The van der Waals surface area contributed by atoms with Crippen molar-refractivity contribution in [3.05, 3.63) is 47.8 Å². The van der Waals surface area contributed by atoms with Crippen LogP contribution in [0.25, 0.3) is 0 Å². The molecule has 0 fully saturated rings. The van der Waals surface area contributed by atoms with Crippen LogP contribution in [0.4, 0.5) is 0 Å². The predicted octanol–water partition coefficient (Wildman–Crippen LogP) is 2.34.